The first-order valence-electron chi connectivity index (χ1n) is 10.7. The molecule has 0 atom stereocenters. The molecule has 170 valence electrons. The number of benzene rings is 2. The van der Waals surface area contributed by atoms with Gasteiger partial charge < -0.3 is 9.73 Å². The molecule has 3 heterocycles. The van der Waals surface area contributed by atoms with E-state index in [1.54, 1.807) is 24.4 Å². The highest BCUT2D eigenvalue weighted by Gasteiger charge is 2.28. The van der Waals surface area contributed by atoms with Gasteiger partial charge in [0.15, 0.2) is 5.58 Å². The van der Waals surface area contributed by atoms with Crippen LogP contribution in [0.25, 0.3) is 22.0 Å². The monoisotopic (exact) mass is 466 g/mol. The van der Waals surface area contributed by atoms with Crippen LogP contribution in [0.1, 0.15) is 19.3 Å². The molecule has 1 amide bonds. The highest BCUT2D eigenvalue weighted by atomic mass is 32.2. The summed E-state index contributed by atoms with van der Waals surface area (Å²) in [6, 6.07) is 13.6. The Hall–Kier alpha value is -3.50. The lowest BCUT2D eigenvalue weighted by Crippen LogP contribution is -2.27. The summed E-state index contributed by atoms with van der Waals surface area (Å²) < 4.78 is 33.7. The van der Waals surface area contributed by atoms with E-state index in [1.165, 1.54) is 21.0 Å². The van der Waals surface area contributed by atoms with Crippen LogP contribution in [0.5, 0.6) is 0 Å². The Balaban J connectivity index is 1.34. The number of carbonyl (C=O) groups is 1. The molecule has 0 spiro atoms. The summed E-state index contributed by atoms with van der Waals surface area (Å²) in [7, 11) is -3.62. The van der Waals surface area contributed by atoms with E-state index in [0.717, 1.165) is 23.7 Å². The molecule has 2 aromatic carbocycles. The quantitative estimate of drug-likeness (QED) is 0.467. The van der Waals surface area contributed by atoms with Crippen molar-refractivity contribution in [3.05, 3.63) is 65.3 Å². The standard InChI is InChI=1S/C23H22N4O5S/c28-22(25-19-7-3-6-18-17(19)5-4-11-24-18)10-14-27-20-9-8-16(15-21(20)32-23(27)29)33(30,31)26-12-1-2-13-26/h3-9,11,15H,1-2,10,12-14H2,(H,25,28). The van der Waals surface area contributed by atoms with Gasteiger partial charge in [-0.3, -0.25) is 14.3 Å². The van der Waals surface area contributed by atoms with E-state index in [1.807, 2.05) is 18.2 Å². The Morgan fingerprint density at radius 1 is 1.09 bits per heavy atom. The highest BCUT2D eigenvalue weighted by molar-refractivity contribution is 7.89. The zero-order valence-electron chi connectivity index (χ0n) is 17.7. The number of rotatable bonds is 6. The number of aryl methyl sites for hydroxylation is 1. The minimum atomic E-state index is -3.62. The molecule has 0 radical (unpaired) electrons. The van der Waals surface area contributed by atoms with Crippen LogP contribution in [-0.2, 0) is 21.4 Å². The summed E-state index contributed by atoms with van der Waals surface area (Å²) in [6.45, 7) is 1.08. The van der Waals surface area contributed by atoms with Crippen molar-refractivity contribution in [2.45, 2.75) is 30.7 Å². The van der Waals surface area contributed by atoms with Gasteiger partial charge in [-0.05, 0) is 49.2 Å². The van der Waals surface area contributed by atoms with Gasteiger partial charge in [0.25, 0.3) is 0 Å². The Labute approximate surface area is 189 Å². The number of nitrogens with one attached hydrogen (secondary N) is 1. The van der Waals surface area contributed by atoms with Crippen molar-refractivity contribution in [2.24, 2.45) is 0 Å². The van der Waals surface area contributed by atoms with Gasteiger partial charge in [0, 0.05) is 43.7 Å². The maximum absolute atomic E-state index is 12.8. The number of nitrogens with zero attached hydrogens (tertiary/aromatic N) is 3. The number of hydrogen-bond acceptors (Lipinski definition) is 6. The smallest absolute Gasteiger partial charge is 0.408 e. The topological polar surface area (TPSA) is 115 Å². The lowest BCUT2D eigenvalue weighted by atomic mass is 10.2. The summed E-state index contributed by atoms with van der Waals surface area (Å²) in [5.41, 5.74) is 2.04. The fourth-order valence-corrected chi connectivity index (χ4v) is 5.67. The van der Waals surface area contributed by atoms with Crippen molar-refractivity contribution in [3.63, 3.8) is 0 Å². The van der Waals surface area contributed by atoms with Gasteiger partial charge in [0.05, 0.1) is 21.6 Å². The van der Waals surface area contributed by atoms with Gasteiger partial charge in [-0.2, -0.15) is 4.31 Å². The third-order valence-electron chi connectivity index (χ3n) is 5.82. The van der Waals surface area contributed by atoms with Gasteiger partial charge in [-0.15, -0.1) is 0 Å². The molecule has 2 aromatic heterocycles. The lowest BCUT2D eigenvalue weighted by Gasteiger charge is -2.15. The predicted molar refractivity (Wildman–Crippen MR) is 123 cm³/mol. The fraction of sp³-hybridized carbons (Fsp3) is 0.261. The zero-order chi connectivity index (χ0) is 23.0. The second-order valence-corrected chi connectivity index (χ2v) is 9.87. The van der Waals surface area contributed by atoms with E-state index in [4.69, 9.17) is 4.42 Å². The van der Waals surface area contributed by atoms with E-state index >= 15 is 0 Å². The molecule has 1 aliphatic heterocycles. The summed E-state index contributed by atoms with van der Waals surface area (Å²) in [5, 5.41) is 3.69. The second-order valence-electron chi connectivity index (χ2n) is 7.93. The van der Waals surface area contributed by atoms with Gasteiger partial charge >= 0.3 is 5.76 Å². The first-order chi connectivity index (χ1) is 15.9. The molecule has 0 aliphatic carbocycles. The van der Waals surface area contributed by atoms with Crippen LogP contribution in [0, 0.1) is 0 Å². The number of fused-ring (bicyclic) bond motifs is 2. The normalized spacial score (nSPS) is 14.8. The number of anilines is 1. The number of hydrogen-bond donors (Lipinski definition) is 1. The Morgan fingerprint density at radius 2 is 1.91 bits per heavy atom. The molecule has 0 saturated carbocycles. The molecule has 10 heteroatoms. The van der Waals surface area contributed by atoms with Gasteiger partial charge in [-0.25, -0.2) is 13.2 Å². The van der Waals surface area contributed by atoms with Crippen molar-refractivity contribution in [1.82, 2.24) is 13.9 Å². The van der Waals surface area contributed by atoms with Crippen LogP contribution >= 0.6 is 0 Å². The summed E-state index contributed by atoms with van der Waals surface area (Å²) in [4.78, 5) is 29.3. The molecule has 4 aromatic rings. The number of amides is 1. The molecule has 1 N–H and O–H groups in total. The molecule has 1 saturated heterocycles. The van der Waals surface area contributed by atoms with Crippen molar-refractivity contribution in [1.29, 1.82) is 0 Å². The molecule has 1 fully saturated rings. The molecule has 0 bridgehead atoms. The molecule has 0 unspecified atom stereocenters. The van der Waals surface area contributed by atoms with Crippen molar-refractivity contribution in [3.8, 4) is 0 Å². The molecular weight excluding hydrogens is 444 g/mol. The molecule has 1 aliphatic rings. The fourth-order valence-electron chi connectivity index (χ4n) is 4.13. The average Bonchev–Trinajstić information content (AvgIpc) is 3.46. The van der Waals surface area contributed by atoms with Crippen LogP contribution in [0.2, 0.25) is 0 Å². The minimum absolute atomic E-state index is 0.0407. The largest absolute Gasteiger partial charge is 0.419 e. The number of pyridine rings is 1. The van der Waals surface area contributed by atoms with E-state index < -0.39 is 15.8 Å². The van der Waals surface area contributed by atoms with E-state index in [2.05, 4.69) is 10.3 Å². The number of carbonyl (C=O) groups excluding carboxylic acids is 1. The Morgan fingerprint density at radius 3 is 2.73 bits per heavy atom. The van der Waals surface area contributed by atoms with Crippen LogP contribution in [0.15, 0.2) is 68.8 Å². The molecule has 5 rings (SSSR count). The SMILES string of the molecule is O=C(CCn1c(=O)oc2cc(S(=O)(=O)N3CCCC3)ccc21)Nc1cccc2ncccc12. The van der Waals surface area contributed by atoms with Crippen LogP contribution < -0.4 is 11.1 Å². The Bertz CT molecular complexity index is 1510. The van der Waals surface area contributed by atoms with Crippen LogP contribution in [0.3, 0.4) is 0 Å². The lowest BCUT2D eigenvalue weighted by molar-refractivity contribution is -0.116. The van der Waals surface area contributed by atoms with E-state index in [9.17, 15) is 18.0 Å². The minimum Gasteiger partial charge on any atom is -0.408 e. The van der Waals surface area contributed by atoms with Crippen LogP contribution in [0.4, 0.5) is 5.69 Å². The third kappa shape index (κ3) is 4.03. The number of aromatic nitrogens is 2. The van der Waals surface area contributed by atoms with Crippen molar-refractivity contribution < 1.29 is 17.6 Å². The summed E-state index contributed by atoms with van der Waals surface area (Å²) >= 11 is 0. The second kappa shape index (κ2) is 8.45. The Kier molecular flexibility index (Phi) is 5.47. The third-order valence-corrected chi connectivity index (χ3v) is 7.72. The number of oxazole rings is 1. The number of sulfonamides is 1. The summed E-state index contributed by atoms with van der Waals surface area (Å²) in [5.74, 6) is -0.899. The highest BCUT2D eigenvalue weighted by Crippen LogP contribution is 2.25. The first-order valence-corrected chi connectivity index (χ1v) is 12.1. The van der Waals surface area contributed by atoms with Crippen LogP contribution in [-0.4, -0.2) is 41.3 Å². The van der Waals surface area contributed by atoms with Gasteiger partial charge in [0.2, 0.25) is 15.9 Å². The maximum Gasteiger partial charge on any atom is 0.419 e. The van der Waals surface area contributed by atoms with Gasteiger partial charge in [-0.1, -0.05) is 6.07 Å². The van der Waals surface area contributed by atoms with E-state index in [0.29, 0.717) is 24.3 Å². The van der Waals surface area contributed by atoms with Crippen molar-refractivity contribution in [2.75, 3.05) is 18.4 Å². The maximum atomic E-state index is 12.8. The van der Waals surface area contributed by atoms with Gasteiger partial charge in [0.1, 0.15) is 0 Å². The first kappa shape index (κ1) is 21.4. The van der Waals surface area contributed by atoms with E-state index in [-0.39, 0.29) is 29.4 Å². The molecule has 9 nitrogen and oxygen atoms in total. The molecular formula is C23H22N4O5S. The summed E-state index contributed by atoms with van der Waals surface area (Å²) in [6.07, 6.45) is 3.40. The molecule has 33 heavy (non-hydrogen) atoms. The predicted octanol–water partition coefficient (Wildman–Crippen LogP) is 2.96. The zero-order valence-corrected chi connectivity index (χ0v) is 18.5. The van der Waals surface area contributed by atoms with Crippen molar-refractivity contribution >= 4 is 43.6 Å². The average molecular weight is 467 g/mol.